The van der Waals surface area contributed by atoms with Gasteiger partial charge < -0.3 is 5.32 Å². The Balaban J connectivity index is 1.73. The monoisotopic (exact) mass is 415 g/mol. The summed E-state index contributed by atoms with van der Waals surface area (Å²) in [4.78, 5) is 12.8. The summed E-state index contributed by atoms with van der Waals surface area (Å²) in [5.41, 5.74) is 5.36. The highest BCUT2D eigenvalue weighted by atomic mass is 79.9. The quantitative estimate of drug-likeness (QED) is 0.398. The average molecular weight is 416 g/mol. The van der Waals surface area contributed by atoms with Crippen LogP contribution in [-0.2, 0) is 4.79 Å². The maximum atomic E-state index is 11.8. The number of carbonyl (C=O) groups excluding carboxylic acids is 1. The molecule has 2 rings (SSSR count). The lowest BCUT2D eigenvalue weighted by molar-refractivity contribution is -0.116. The second-order valence-corrected chi connectivity index (χ2v) is 8.84. The lowest BCUT2D eigenvalue weighted by atomic mass is 9.78. The third-order valence-corrected chi connectivity index (χ3v) is 6.12. The predicted molar refractivity (Wildman–Crippen MR) is 104 cm³/mol. The molecule has 0 saturated heterocycles. The van der Waals surface area contributed by atoms with E-state index in [9.17, 15) is 4.79 Å². The topological polar surface area (TPSA) is 53.2 Å². The maximum Gasteiger partial charge on any atom is 0.262 e. The molecule has 1 fully saturated rings. The van der Waals surface area contributed by atoms with Crippen LogP contribution >= 0.6 is 39.5 Å². The van der Waals surface area contributed by atoms with Crippen molar-refractivity contribution in [2.45, 2.75) is 39.2 Å². The molecule has 1 aliphatic carbocycles. The first-order valence-corrected chi connectivity index (χ1v) is 9.77. The number of rotatable bonds is 3. The van der Waals surface area contributed by atoms with Crippen molar-refractivity contribution in [3.05, 3.63) is 26.9 Å². The van der Waals surface area contributed by atoms with E-state index in [0.717, 1.165) is 15.1 Å². The molecular weight excluding hydrogens is 394 g/mol. The second kappa shape index (κ2) is 8.80. The van der Waals surface area contributed by atoms with E-state index in [0.29, 0.717) is 23.0 Å². The second-order valence-electron chi connectivity index (χ2n) is 5.94. The van der Waals surface area contributed by atoms with Gasteiger partial charge in [0.1, 0.15) is 0 Å². The Kier molecular flexibility index (Phi) is 7.05. The zero-order valence-corrected chi connectivity index (χ0v) is 16.5. The van der Waals surface area contributed by atoms with Crippen LogP contribution in [0.5, 0.6) is 0 Å². The third kappa shape index (κ3) is 5.90. The van der Waals surface area contributed by atoms with Crippen LogP contribution < -0.4 is 16.2 Å². The SMILES string of the molecule is C[C@@H]1[C@@H](C)CCC[C@H]1NC(=S)NNC(=O)/C=C/c1ccc(Br)s1. The summed E-state index contributed by atoms with van der Waals surface area (Å²) in [7, 11) is 0. The number of hydrogen-bond donors (Lipinski definition) is 3. The van der Waals surface area contributed by atoms with Gasteiger partial charge in [0.25, 0.3) is 5.91 Å². The van der Waals surface area contributed by atoms with Gasteiger partial charge in [-0.25, -0.2) is 0 Å². The number of nitrogens with one attached hydrogen (secondary N) is 3. The highest BCUT2D eigenvalue weighted by Crippen LogP contribution is 2.29. The Labute approximate surface area is 155 Å². The molecule has 0 aliphatic heterocycles. The number of halogens is 1. The fraction of sp³-hybridized carbons (Fsp3) is 0.500. The van der Waals surface area contributed by atoms with Crippen LogP contribution in [0.4, 0.5) is 0 Å². The molecule has 1 aromatic rings. The standard InChI is InChI=1S/C16H22BrN3OS2/c1-10-4-3-5-13(11(10)2)18-16(22)20-19-15(21)9-7-12-6-8-14(17)23-12/h6-11,13H,3-5H2,1-2H3,(H,19,21)(H2,18,20,22)/b9-7+/t10-,11+,13+/m0/s1. The van der Waals surface area contributed by atoms with Gasteiger partial charge in [-0.15, -0.1) is 11.3 Å². The van der Waals surface area contributed by atoms with E-state index in [2.05, 4.69) is 45.9 Å². The van der Waals surface area contributed by atoms with Crippen LogP contribution in [0.3, 0.4) is 0 Å². The van der Waals surface area contributed by atoms with Gasteiger partial charge in [0.05, 0.1) is 3.79 Å². The summed E-state index contributed by atoms with van der Waals surface area (Å²) in [6.45, 7) is 4.54. The summed E-state index contributed by atoms with van der Waals surface area (Å²) in [5, 5.41) is 3.78. The van der Waals surface area contributed by atoms with E-state index in [-0.39, 0.29) is 5.91 Å². The first-order chi connectivity index (χ1) is 11.0. The first kappa shape index (κ1) is 18.4. The van der Waals surface area contributed by atoms with Crippen molar-refractivity contribution in [3.8, 4) is 0 Å². The minimum atomic E-state index is -0.233. The van der Waals surface area contributed by atoms with E-state index in [4.69, 9.17) is 12.2 Å². The number of thiocarbonyl (C=S) groups is 1. The zero-order valence-electron chi connectivity index (χ0n) is 13.3. The highest BCUT2D eigenvalue weighted by Gasteiger charge is 2.27. The molecule has 1 saturated carbocycles. The molecule has 0 spiro atoms. The van der Waals surface area contributed by atoms with Crippen molar-refractivity contribution in [1.29, 1.82) is 0 Å². The zero-order chi connectivity index (χ0) is 16.8. The van der Waals surface area contributed by atoms with E-state index in [1.165, 1.54) is 18.9 Å². The summed E-state index contributed by atoms with van der Waals surface area (Å²) < 4.78 is 1.04. The van der Waals surface area contributed by atoms with Crippen LogP contribution in [0, 0.1) is 11.8 Å². The molecule has 1 aromatic heterocycles. The van der Waals surface area contributed by atoms with Gasteiger partial charge in [-0.05, 0) is 64.6 Å². The van der Waals surface area contributed by atoms with Gasteiger partial charge in [0.2, 0.25) is 0 Å². The van der Waals surface area contributed by atoms with Crippen molar-refractivity contribution < 1.29 is 4.79 Å². The molecule has 0 bridgehead atoms. The highest BCUT2D eigenvalue weighted by molar-refractivity contribution is 9.11. The van der Waals surface area contributed by atoms with Crippen molar-refractivity contribution in [2.75, 3.05) is 0 Å². The van der Waals surface area contributed by atoms with Crippen LogP contribution in [0.25, 0.3) is 6.08 Å². The van der Waals surface area contributed by atoms with Gasteiger partial charge in [0.15, 0.2) is 5.11 Å². The van der Waals surface area contributed by atoms with E-state index < -0.39 is 0 Å². The van der Waals surface area contributed by atoms with Gasteiger partial charge in [-0.2, -0.15) is 0 Å². The average Bonchev–Trinajstić information content (AvgIpc) is 2.93. The Hall–Kier alpha value is -0.920. The van der Waals surface area contributed by atoms with Crippen molar-refractivity contribution in [3.63, 3.8) is 0 Å². The van der Waals surface area contributed by atoms with Crippen molar-refractivity contribution in [2.24, 2.45) is 11.8 Å². The van der Waals surface area contributed by atoms with Crippen LogP contribution in [0.15, 0.2) is 22.0 Å². The lowest BCUT2D eigenvalue weighted by Crippen LogP contribution is -2.52. The number of thiophene rings is 1. The largest absolute Gasteiger partial charge is 0.358 e. The molecule has 3 atom stereocenters. The van der Waals surface area contributed by atoms with E-state index >= 15 is 0 Å². The molecule has 23 heavy (non-hydrogen) atoms. The lowest BCUT2D eigenvalue weighted by Gasteiger charge is -2.35. The summed E-state index contributed by atoms with van der Waals surface area (Å²) >= 11 is 10.2. The molecule has 0 unspecified atom stereocenters. The van der Waals surface area contributed by atoms with Gasteiger partial charge in [0, 0.05) is 17.0 Å². The van der Waals surface area contributed by atoms with E-state index in [1.54, 1.807) is 17.4 Å². The molecule has 3 N–H and O–H groups in total. The van der Waals surface area contributed by atoms with Crippen LogP contribution in [-0.4, -0.2) is 17.1 Å². The smallest absolute Gasteiger partial charge is 0.262 e. The fourth-order valence-electron chi connectivity index (χ4n) is 2.73. The summed E-state index contributed by atoms with van der Waals surface area (Å²) in [5.74, 6) is 1.05. The third-order valence-electron chi connectivity index (χ3n) is 4.32. The molecule has 1 amide bonds. The van der Waals surface area contributed by atoms with Gasteiger partial charge in [-0.3, -0.25) is 15.6 Å². The minimum Gasteiger partial charge on any atom is -0.358 e. The predicted octanol–water partition coefficient (Wildman–Crippen LogP) is 3.84. The van der Waals surface area contributed by atoms with Crippen LogP contribution in [0.2, 0.25) is 0 Å². The Morgan fingerprint density at radius 1 is 1.35 bits per heavy atom. The van der Waals surface area contributed by atoms with Gasteiger partial charge >= 0.3 is 0 Å². The molecule has 7 heteroatoms. The molecule has 0 aromatic carbocycles. The Bertz CT molecular complexity index is 588. The molecular formula is C16H22BrN3OS2. The van der Waals surface area contributed by atoms with Gasteiger partial charge in [-0.1, -0.05) is 26.7 Å². The Morgan fingerprint density at radius 2 is 2.13 bits per heavy atom. The molecule has 126 valence electrons. The van der Waals surface area contributed by atoms with Crippen molar-refractivity contribution >= 4 is 56.6 Å². The number of hydrazine groups is 1. The number of hydrogen-bond acceptors (Lipinski definition) is 3. The van der Waals surface area contributed by atoms with Crippen molar-refractivity contribution in [1.82, 2.24) is 16.2 Å². The maximum absolute atomic E-state index is 11.8. The number of amides is 1. The van der Waals surface area contributed by atoms with E-state index in [1.807, 2.05) is 12.1 Å². The Morgan fingerprint density at radius 3 is 2.83 bits per heavy atom. The molecule has 1 heterocycles. The first-order valence-electron chi connectivity index (χ1n) is 7.75. The van der Waals surface area contributed by atoms with Crippen LogP contribution in [0.1, 0.15) is 38.0 Å². The molecule has 1 aliphatic rings. The summed E-state index contributed by atoms with van der Waals surface area (Å²) in [6.07, 6.45) is 6.87. The fourth-order valence-corrected chi connectivity index (χ4v) is 4.25. The normalized spacial score (nSPS) is 24.4. The molecule has 0 radical (unpaired) electrons. The summed E-state index contributed by atoms with van der Waals surface area (Å²) in [6, 6.07) is 4.27. The minimum absolute atomic E-state index is 0.233. The molecule has 4 nitrogen and oxygen atoms in total. The number of carbonyl (C=O) groups is 1.